The summed E-state index contributed by atoms with van der Waals surface area (Å²) in [5.74, 6) is 0. The standard InChI is InChI=1S/C6H6.Os.2H/c1-2-4-6-5-3-1;;;/h1-6H;;;/q;+2;2*-1. The van der Waals surface area contributed by atoms with E-state index in [1.54, 1.807) is 0 Å². The molecule has 0 atom stereocenters. The molecular weight excluding hydrogens is 262 g/mol. The van der Waals surface area contributed by atoms with Gasteiger partial charge in [0.15, 0.2) is 0 Å². The molecule has 0 spiro atoms. The molecule has 0 saturated heterocycles. The summed E-state index contributed by atoms with van der Waals surface area (Å²) in [5, 5.41) is 0. The van der Waals surface area contributed by atoms with Gasteiger partial charge in [0.1, 0.15) is 0 Å². The molecule has 0 saturated carbocycles. The van der Waals surface area contributed by atoms with Crippen molar-refractivity contribution in [3.8, 4) is 0 Å². The van der Waals surface area contributed by atoms with E-state index in [1.165, 1.54) is 0 Å². The van der Waals surface area contributed by atoms with E-state index in [2.05, 4.69) is 0 Å². The molecule has 0 nitrogen and oxygen atoms in total. The molecule has 1 rings (SSSR count). The second-order valence-corrected chi connectivity index (χ2v) is 1.15. The Morgan fingerprint density at radius 2 is 0.714 bits per heavy atom. The number of hydrogen-bond acceptors (Lipinski definition) is 0. The fourth-order valence-corrected chi connectivity index (χ4v) is 0.385. The zero-order valence-corrected chi connectivity index (χ0v) is 6.36. The molecule has 0 aromatic heterocycles. The molecule has 0 fully saturated rings. The second kappa shape index (κ2) is 4.03. The van der Waals surface area contributed by atoms with Crippen LogP contribution in [0, 0.1) is 0 Å². The van der Waals surface area contributed by atoms with Gasteiger partial charge in [0.2, 0.25) is 0 Å². The third-order valence-corrected chi connectivity index (χ3v) is 0.667. The third-order valence-electron chi connectivity index (χ3n) is 0.667. The monoisotopic (exact) mass is 272 g/mol. The van der Waals surface area contributed by atoms with Crippen molar-refractivity contribution >= 4 is 0 Å². The third kappa shape index (κ3) is 2.54. The summed E-state index contributed by atoms with van der Waals surface area (Å²) in [5.41, 5.74) is 0. The Morgan fingerprint density at radius 1 is 0.571 bits per heavy atom. The van der Waals surface area contributed by atoms with E-state index in [4.69, 9.17) is 0 Å². The zero-order valence-electron chi connectivity index (χ0n) is 5.82. The van der Waals surface area contributed by atoms with Crippen LogP contribution >= 0.6 is 0 Å². The van der Waals surface area contributed by atoms with E-state index in [9.17, 15) is 0 Å². The van der Waals surface area contributed by atoms with Crippen molar-refractivity contribution in [2.45, 2.75) is 0 Å². The van der Waals surface area contributed by atoms with E-state index in [0.29, 0.717) is 0 Å². The summed E-state index contributed by atoms with van der Waals surface area (Å²) in [6.07, 6.45) is 0. The van der Waals surface area contributed by atoms with Crippen LogP contribution in [0.25, 0.3) is 0 Å². The number of benzene rings is 1. The maximum Gasteiger partial charge on any atom is 2.00 e. The van der Waals surface area contributed by atoms with Gasteiger partial charge in [-0.05, 0) is 0 Å². The molecule has 1 heteroatoms. The summed E-state index contributed by atoms with van der Waals surface area (Å²) >= 11 is 0. The molecule has 0 amide bonds. The maximum atomic E-state index is 2.00. The Kier molecular flexibility index (Phi) is 3.94. The normalized spacial score (nSPS) is 6.86. The predicted octanol–water partition coefficient (Wildman–Crippen LogP) is 1.91. The molecule has 0 N–H and O–H groups in total. The van der Waals surface area contributed by atoms with Crippen LogP contribution in [0.1, 0.15) is 2.85 Å². The first-order chi connectivity index (χ1) is 3.00. The molecule has 0 bridgehead atoms. The van der Waals surface area contributed by atoms with Crippen LogP contribution in [-0.2, 0) is 19.8 Å². The van der Waals surface area contributed by atoms with Crippen molar-refractivity contribution in [2.75, 3.05) is 0 Å². The topological polar surface area (TPSA) is 0 Å². The van der Waals surface area contributed by atoms with Crippen molar-refractivity contribution in [1.29, 1.82) is 0 Å². The van der Waals surface area contributed by atoms with Gasteiger partial charge in [-0.2, -0.15) is 0 Å². The maximum absolute atomic E-state index is 2.00. The van der Waals surface area contributed by atoms with Crippen molar-refractivity contribution < 1.29 is 22.6 Å². The van der Waals surface area contributed by atoms with E-state index >= 15 is 0 Å². The smallest absolute Gasteiger partial charge is 1.00 e. The van der Waals surface area contributed by atoms with Crippen molar-refractivity contribution in [2.24, 2.45) is 0 Å². The number of rotatable bonds is 0. The molecular formula is C6H8Os. The van der Waals surface area contributed by atoms with Gasteiger partial charge < -0.3 is 2.85 Å². The molecule has 40 valence electrons. The zero-order chi connectivity index (χ0) is 4.24. The van der Waals surface area contributed by atoms with Crippen molar-refractivity contribution in [3.05, 3.63) is 36.4 Å². The fraction of sp³-hybridized carbons (Fsp3) is 0. The van der Waals surface area contributed by atoms with E-state index in [0.717, 1.165) is 0 Å². The predicted molar refractivity (Wildman–Crippen MR) is 28.7 cm³/mol. The fourth-order valence-electron chi connectivity index (χ4n) is 0.385. The minimum Gasteiger partial charge on any atom is -1.00 e. The van der Waals surface area contributed by atoms with Gasteiger partial charge >= 0.3 is 19.8 Å². The average molecular weight is 270 g/mol. The first-order valence-corrected chi connectivity index (χ1v) is 2.00. The Bertz CT molecular complexity index is 83.0. The Labute approximate surface area is 59.6 Å². The van der Waals surface area contributed by atoms with Gasteiger partial charge in [0.25, 0.3) is 0 Å². The molecule has 0 heterocycles. The molecule has 1 aromatic rings. The van der Waals surface area contributed by atoms with Crippen molar-refractivity contribution in [3.63, 3.8) is 0 Å². The van der Waals surface area contributed by atoms with E-state index < -0.39 is 0 Å². The molecule has 0 aliphatic heterocycles. The first-order valence-electron chi connectivity index (χ1n) is 2.00. The summed E-state index contributed by atoms with van der Waals surface area (Å²) in [6, 6.07) is 12.0. The minimum atomic E-state index is 0. The number of hydrogen-bond donors (Lipinski definition) is 0. The Morgan fingerprint density at radius 3 is 0.857 bits per heavy atom. The van der Waals surface area contributed by atoms with Gasteiger partial charge in [0, 0.05) is 0 Å². The van der Waals surface area contributed by atoms with E-state index in [-0.39, 0.29) is 22.6 Å². The van der Waals surface area contributed by atoms with Gasteiger partial charge in [-0.3, -0.25) is 0 Å². The summed E-state index contributed by atoms with van der Waals surface area (Å²) in [6.45, 7) is 0. The molecule has 0 aliphatic rings. The molecule has 0 aliphatic carbocycles. The minimum absolute atomic E-state index is 0. The van der Waals surface area contributed by atoms with Gasteiger partial charge in [-0.1, -0.05) is 36.4 Å². The molecule has 1 aromatic carbocycles. The van der Waals surface area contributed by atoms with Crippen LogP contribution in [0.2, 0.25) is 0 Å². The SMILES string of the molecule is [H-].[H-].[Os+2].c1ccccc1. The molecule has 0 radical (unpaired) electrons. The average Bonchev–Trinajstić information content (AvgIpc) is 1.72. The summed E-state index contributed by atoms with van der Waals surface area (Å²) < 4.78 is 0. The quantitative estimate of drug-likeness (QED) is 0.675. The Balaban J connectivity index is -0.000000120. The van der Waals surface area contributed by atoms with E-state index in [1.807, 2.05) is 36.4 Å². The first kappa shape index (κ1) is 6.86. The van der Waals surface area contributed by atoms with Crippen LogP contribution in [0.3, 0.4) is 0 Å². The van der Waals surface area contributed by atoms with Crippen LogP contribution < -0.4 is 0 Å². The second-order valence-electron chi connectivity index (χ2n) is 1.15. The summed E-state index contributed by atoms with van der Waals surface area (Å²) in [4.78, 5) is 0. The van der Waals surface area contributed by atoms with Gasteiger partial charge in [-0.15, -0.1) is 0 Å². The Hall–Kier alpha value is -0.144. The van der Waals surface area contributed by atoms with Gasteiger partial charge in [-0.25, -0.2) is 0 Å². The van der Waals surface area contributed by atoms with Crippen LogP contribution in [0.5, 0.6) is 0 Å². The van der Waals surface area contributed by atoms with Crippen molar-refractivity contribution in [1.82, 2.24) is 0 Å². The van der Waals surface area contributed by atoms with Gasteiger partial charge in [0.05, 0.1) is 0 Å². The summed E-state index contributed by atoms with van der Waals surface area (Å²) in [7, 11) is 0. The van der Waals surface area contributed by atoms with Crippen LogP contribution in [-0.4, -0.2) is 0 Å². The van der Waals surface area contributed by atoms with Crippen LogP contribution in [0.15, 0.2) is 36.4 Å². The van der Waals surface area contributed by atoms with Crippen LogP contribution in [0.4, 0.5) is 0 Å². The molecule has 0 unspecified atom stereocenters. The molecule has 7 heavy (non-hydrogen) atoms. The largest absolute Gasteiger partial charge is 2.00 e.